The van der Waals surface area contributed by atoms with Gasteiger partial charge in [0.15, 0.2) is 0 Å². The maximum atomic E-state index is 14.4. The lowest BCUT2D eigenvalue weighted by atomic mass is 9.94. The quantitative estimate of drug-likeness (QED) is 0.140. The first-order chi connectivity index (χ1) is 23.5. The third-order valence-corrected chi connectivity index (χ3v) is 7.94. The molecule has 49 heavy (non-hydrogen) atoms. The van der Waals surface area contributed by atoms with Crippen molar-refractivity contribution in [2.75, 3.05) is 21.3 Å². The Morgan fingerprint density at radius 2 is 1.57 bits per heavy atom. The number of aliphatic hydroxyl groups is 2. The second-order valence-electron chi connectivity index (χ2n) is 11.6. The minimum atomic E-state index is -1.14. The normalized spacial score (nSPS) is 12.5. The molecule has 3 aromatic carbocycles. The van der Waals surface area contributed by atoms with E-state index in [9.17, 15) is 29.0 Å². The predicted molar refractivity (Wildman–Crippen MR) is 183 cm³/mol. The van der Waals surface area contributed by atoms with Crippen LogP contribution in [0.2, 0.25) is 0 Å². The molecule has 1 heterocycles. The van der Waals surface area contributed by atoms with Gasteiger partial charge in [-0.05, 0) is 55.3 Å². The lowest BCUT2D eigenvalue weighted by Gasteiger charge is -2.18. The Morgan fingerprint density at radius 1 is 0.898 bits per heavy atom. The van der Waals surface area contributed by atoms with Crippen LogP contribution in [-0.2, 0) is 20.8 Å². The van der Waals surface area contributed by atoms with Crippen LogP contribution < -0.4 is 10.1 Å². The molecule has 10 nitrogen and oxygen atoms in total. The third kappa shape index (κ3) is 8.81. The van der Waals surface area contributed by atoms with E-state index in [1.165, 1.54) is 39.5 Å². The van der Waals surface area contributed by atoms with E-state index in [2.05, 4.69) is 10.1 Å². The number of aromatic nitrogens is 1. The number of carbonyl (C=O) groups excluding carboxylic acids is 3. The summed E-state index contributed by atoms with van der Waals surface area (Å²) in [6.07, 6.45) is 0.478. The van der Waals surface area contributed by atoms with Gasteiger partial charge in [-0.1, -0.05) is 54.6 Å². The highest BCUT2D eigenvalue weighted by molar-refractivity contribution is 6.06. The van der Waals surface area contributed by atoms with E-state index in [-0.39, 0.29) is 25.4 Å². The summed E-state index contributed by atoms with van der Waals surface area (Å²) in [5, 5.41) is 24.2. The van der Waals surface area contributed by atoms with Crippen LogP contribution in [0.4, 0.5) is 4.39 Å². The number of amides is 1. The number of rotatable bonds is 14. The fourth-order valence-electron chi connectivity index (χ4n) is 5.64. The first-order valence-corrected chi connectivity index (χ1v) is 15.7. The number of benzene rings is 3. The molecule has 0 fully saturated rings. The van der Waals surface area contributed by atoms with Crippen LogP contribution in [0.5, 0.6) is 5.75 Å². The molecule has 1 aromatic heterocycles. The van der Waals surface area contributed by atoms with Crippen molar-refractivity contribution in [2.45, 2.75) is 51.5 Å². The molecule has 4 rings (SSSR count). The number of carbonyl (C=O) groups is 3. The molecule has 0 spiro atoms. The maximum absolute atomic E-state index is 14.4. The molecule has 0 radical (unpaired) electrons. The number of aliphatic hydroxyl groups excluding tert-OH is 2. The lowest BCUT2D eigenvalue weighted by Crippen LogP contribution is -2.27. The zero-order valence-corrected chi connectivity index (χ0v) is 28.1. The highest BCUT2D eigenvalue weighted by atomic mass is 19.1. The van der Waals surface area contributed by atoms with Crippen molar-refractivity contribution < 1.29 is 43.2 Å². The first kappa shape index (κ1) is 36.6. The van der Waals surface area contributed by atoms with Crippen LogP contribution in [0.25, 0.3) is 28.3 Å². The van der Waals surface area contributed by atoms with Crippen molar-refractivity contribution >= 4 is 23.9 Å². The summed E-state index contributed by atoms with van der Waals surface area (Å²) in [6.45, 7) is 3.90. The summed E-state index contributed by atoms with van der Waals surface area (Å²) in [5.41, 5.74) is 4.39. The van der Waals surface area contributed by atoms with Gasteiger partial charge in [-0.3, -0.25) is 9.59 Å². The number of ether oxygens (including phenoxy) is 3. The maximum Gasteiger partial charge on any atom is 0.337 e. The summed E-state index contributed by atoms with van der Waals surface area (Å²) in [6, 6.07) is 19.8. The van der Waals surface area contributed by atoms with Gasteiger partial charge in [0.1, 0.15) is 17.3 Å². The minimum Gasteiger partial charge on any atom is -0.496 e. The van der Waals surface area contributed by atoms with Crippen LogP contribution in [0.1, 0.15) is 64.8 Å². The molecule has 1 amide bonds. The number of methoxy groups -OCH3 is 3. The molecule has 0 aliphatic rings. The summed E-state index contributed by atoms with van der Waals surface area (Å²) in [7, 11) is 3.98. The molecule has 0 saturated heterocycles. The van der Waals surface area contributed by atoms with Crippen LogP contribution in [0, 0.1) is 5.82 Å². The third-order valence-electron chi connectivity index (χ3n) is 7.94. The van der Waals surface area contributed by atoms with E-state index >= 15 is 0 Å². The van der Waals surface area contributed by atoms with Gasteiger partial charge in [-0.25, -0.2) is 9.18 Å². The number of hydrogen-bond donors (Lipinski definition) is 3. The number of nitrogens with one attached hydrogen (secondary N) is 1. The van der Waals surface area contributed by atoms with Crippen LogP contribution >= 0.6 is 0 Å². The standard InChI is InChI=1S/C38H41FN2O8/c1-23(2)41-31(18-17-29(42)20-30(43)21-33(44)48-4)34(25-13-15-28(39)16-14-25)35(24-9-7-6-8-10-24)36(41)37(45)40-22-27-12-11-26(38(46)49-5)19-32(27)47-3/h6-19,23,29-30,42-43H,20-22H2,1-5H3,(H,40,45)/b18-17+/t29-,30-/m1/s1. The van der Waals surface area contributed by atoms with Crippen molar-refractivity contribution in [3.63, 3.8) is 0 Å². The molecule has 0 unspecified atom stereocenters. The van der Waals surface area contributed by atoms with Gasteiger partial charge in [-0.2, -0.15) is 0 Å². The molecule has 2 atom stereocenters. The average Bonchev–Trinajstić information content (AvgIpc) is 3.45. The fourth-order valence-corrected chi connectivity index (χ4v) is 5.64. The monoisotopic (exact) mass is 672 g/mol. The molecule has 3 N–H and O–H groups in total. The Kier molecular flexibility index (Phi) is 12.5. The molecular weight excluding hydrogens is 631 g/mol. The Bertz CT molecular complexity index is 1800. The average molecular weight is 673 g/mol. The minimum absolute atomic E-state index is 0.0643. The van der Waals surface area contributed by atoms with E-state index in [4.69, 9.17) is 9.47 Å². The molecule has 258 valence electrons. The Hall–Kier alpha value is -5.26. The SMILES string of the molecule is COC(=O)C[C@H](O)C[C@H](O)/C=C/c1c(-c2ccc(F)cc2)c(-c2ccccc2)c(C(=O)NCc2ccc(C(=O)OC)cc2OC)n1C(C)C. The molecule has 0 aliphatic carbocycles. The van der Waals surface area contributed by atoms with E-state index in [0.29, 0.717) is 45.0 Å². The molecule has 11 heteroatoms. The van der Waals surface area contributed by atoms with Gasteiger partial charge >= 0.3 is 11.9 Å². The number of halogens is 1. The zero-order chi connectivity index (χ0) is 35.7. The van der Waals surface area contributed by atoms with E-state index < -0.39 is 35.9 Å². The summed E-state index contributed by atoms with van der Waals surface area (Å²) in [4.78, 5) is 38.1. The van der Waals surface area contributed by atoms with Gasteiger partial charge in [0.05, 0.1) is 45.5 Å². The van der Waals surface area contributed by atoms with Crippen molar-refractivity contribution in [3.8, 4) is 28.0 Å². The Morgan fingerprint density at radius 3 is 2.18 bits per heavy atom. The molecule has 0 saturated carbocycles. The summed E-state index contributed by atoms with van der Waals surface area (Å²) < 4.78 is 30.9. The number of nitrogens with zero attached hydrogens (tertiary/aromatic N) is 1. The van der Waals surface area contributed by atoms with Crippen molar-refractivity contribution in [1.82, 2.24) is 9.88 Å². The van der Waals surface area contributed by atoms with Crippen molar-refractivity contribution in [3.05, 3.63) is 107 Å². The Labute approximate surface area is 284 Å². The van der Waals surface area contributed by atoms with Crippen LogP contribution in [0.15, 0.2) is 78.9 Å². The van der Waals surface area contributed by atoms with Crippen LogP contribution in [0.3, 0.4) is 0 Å². The number of esters is 2. The van der Waals surface area contributed by atoms with E-state index in [1.54, 1.807) is 36.4 Å². The van der Waals surface area contributed by atoms with Crippen molar-refractivity contribution in [1.29, 1.82) is 0 Å². The molecule has 0 bridgehead atoms. The molecule has 4 aromatic rings. The first-order valence-electron chi connectivity index (χ1n) is 15.7. The molecular formula is C38H41FN2O8. The Balaban J connectivity index is 1.87. The van der Waals surface area contributed by atoms with E-state index in [1.807, 2.05) is 48.7 Å². The van der Waals surface area contributed by atoms with Gasteiger partial charge in [-0.15, -0.1) is 0 Å². The van der Waals surface area contributed by atoms with E-state index in [0.717, 1.165) is 5.56 Å². The topological polar surface area (TPSA) is 136 Å². The van der Waals surface area contributed by atoms with Crippen molar-refractivity contribution in [2.24, 2.45) is 0 Å². The zero-order valence-electron chi connectivity index (χ0n) is 28.1. The second-order valence-corrected chi connectivity index (χ2v) is 11.6. The van der Waals surface area contributed by atoms with Gasteiger partial charge in [0, 0.05) is 41.4 Å². The fraction of sp³-hybridized carbons (Fsp3) is 0.289. The van der Waals surface area contributed by atoms with Crippen LogP contribution in [-0.4, -0.2) is 66.2 Å². The van der Waals surface area contributed by atoms with Gasteiger partial charge in [0.2, 0.25) is 0 Å². The number of hydrogen-bond acceptors (Lipinski definition) is 8. The highest BCUT2D eigenvalue weighted by Gasteiger charge is 2.29. The summed E-state index contributed by atoms with van der Waals surface area (Å²) in [5.74, 6) is -1.57. The molecule has 0 aliphatic heterocycles. The smallest absolute Gasteiger partial charge is 0.337 e. The predicted octanol–water partition coefficient (Wildman–Crippen LogP) is 5.96. The van der Waals surface area contributed by atoms with Gasteiger partial charge < -0.3 is 34.3 Å². The highest BCUT2D eigenvalue weighted by Crippen LogP contribution is 2.42. The largest absolute Gasteiger partial charge is 0.496 e. The lowest BCUT2D eigenvalue weighted by molar-refractivity contribution is -0.143. The second kappa shape index (κ2) is 16.7. The van der Waals surface area contributed by atoms with Gasteiger partial charge in [0.25, 0.3) is 5.91 Å². The summed E-state index contributed by atoms with van der Waals surface area (Å²) >= 11 is 0.